The summed E-state index contributed by atoms with van der Waals surface area (Å²) in [6.45, 7) is 4.55. The van der Waals surface area contributed by atoms with Crippen molar-refractivity contribution >= 4 is 22.8 Å². The summed E-state index contributed by atoms with van der Waals surface area (Å²) in [4.78, 5) is 22.7. The molecule has 0 N–H and O–H groups in total. The molecular formula is C20H21N3O3S. The summed E-state index contributed by atoms with van der Waals surface area (Å²) in [6.07, 6.45) is 2.61. The Morgan fingerprint density at radius 2 is 1.96 bits per heavy atom. The quantitative estimate of drug-likeness (QED) is 0.510. The van der Waals surface area contributed by atoms with Crippen LogP contribution in [0, 0.1) is 0 Å². The molecule has 0 fully saturated rings. The van der Waals surface area contributed by atoms with Crippen LogP contribution >= 0.6 is 11.8 Å². The lowest BCUT2D eigenvalue weighted by Crippen LogP contribution is -2.33. The third kappa shape index (κ3) is 3.21. The van der Waals surface area contributed by atoms with Crippen molar-refractivity contribution in [2.24, 2.45) is 0 Å². The van der Waals surface area contributed by atoms with Crippen LogP contribution in [0.25, 0.3) is 16.7 Å². The third-order valence-electron chi connectivity index (χ3n) is 4.72. The predicted molar refractivity (Wildman–Crippen MR) is 106 cm³/mol. The van der Waals surface area contributed by atoms with Crippen LogP contribution in [0.15, 0.2) is 40.3 Å². The standard InChI is InChI=1S/C20H21N3O3S/c1-20(2)10-16-12(11-26-20)9-15-17(21-16)22-19(27-4)23(18(15)24)13-5-7-14(25-3)8-6-13/h5-9H,10-11H2,1-4H3. The van der Waals surface area contributed by atoms with Gasteiger partial charge in [0.2, 0.25) is 0 Å². The summed E-state index contributed by atoms with van der Waals surface area (Å²) >= 11 is 1.42. The molecule has 0 radical (unpaired) electrons. The molecule has 3 heterocycles. The molecule has 2 aromatic heterocycles. The number of pyridine rings is 1. The predicted octanol–water partition coefficient (Wildman–Crippen LogP) is 3.36. The molecular weight excluding hydrogens is 362 g/mol. The minimum absolute atomic E-state index is 0.130. The van der Waals surface area contributed by atoms with Crippen molar-refractivity contribution in [3.63, 3.8) is 0 Å². The van der Waals surface area contributed by atoms with E-state index in [1.807, 2.05) is 50.4 Å². The molecule has 1 aliphatic rings. The van der Waals surface area contributed by atoms with Gasteiger partial charge in [0, 0.05) is 12.0 Å². The summed E-state index contributed by atoms with van der Waals surface area (Å²) in [5.41, 5.74) is 2.77. The Morgan fingerprint density at radius 1 is 1.22 bits per heavy atom. The zero-order valence-corrected chi connectivity index (χ0v) is 16.6. The van der Waals surface area contributed by atoms with Crippen molar-refractivity contribution in [2.75, 3.05) is 13.4 Å². The van der Waals surface area contributed by atoms with Gasteiger partial charge in [-0.3, -0.25) is 9.36 Å². The molecule has 0 saturated heterocycles. The summed E-state index contributed by atoms with van der Waals surface area (Å²) in [5.74, 6) is 0.738. The highest BCUT2D eigenvalue weighted by molar-refractivity contribution is 7.98. The maximum absolute atomic E-state index is 13.3. The highest BCUT2D eigenvalue weighted by Crippen LogP contribution is 2.28. The fourth-order valence-electron chi connectivity index (χ4n) is 3.27. The van der Waals surface area contributed by atoms with E-state index in [1.54, 1.807) is 11.7 Å². The molecule has 4 rings (SSSR count). The first-order valence-electron chi connectivity index (χ1n) is 8.70. The van der Waals surface area contributed by atoms with Gasteiger partial charge in [0.15, 0.2) is 10.8 Å². The SMILES string of the molecule is COc1ccc(-n2c(SC)nc3nc4c(cc3c2=O)COC(C)(C)C4)cc1. The highest BCUT2D eigenvalue weighted by Gasteiger charge is 2.28. The monoisotopic (exact) mass is 383 g/mol. The molecule has 0 amide bonds. The molecule has 1 aromatic carbocycles. The van der Waals surface area contributed by atoms with Crippen LogP contribution in [0.2, 0.25) is 0 Å². The summed E-state index contributed by atoms with van der Waals surface area (Å²) in [5, 5.41) is 1.11. The Morgan fingerprint density at radius 3 is 2.63 bits per heavy atom. The zero-order valence-electron chi connectivity index (χ0n) is 15.8. The van der Waals surface area contributed by atoms with Crippen LogP contribution < -0.4 is 10.3 Å². The number of ether oxygens (including phenoxy) is 2. The Balaban J connectivity index is 1.92. The average molecular weight is 383 g/mol. The van der Waals surface area contributed by atoms with Gasteiger partial charge in [0.25, 0.3) is 5.56 Å². The molecule has 0 unspecified atom stereocenters. The van der Waals surface area contributed by atoms with Crippen molar-refractivity contribution in [3.05, 3.63) is 51.9 Å². The Bertz CT molecular complexity index is 1070. The fourth-order valence-corrected chi connectivity index (χ4v) is 3.82. The molecule has 0 bridgehead atoms. The van der Waals surface area contributed by atoms with Crippen LogP contribution in [0.4, 0.5) is 0 Å². The van der Waals surface area contributed by atoms with E-state index in [9.17, 15) is 4.79 Å². The number of nitrogens with zero attached hydrogens (tertiary/aromatic N) is 3. The second kappa shape index (κ2) is 6.65. The molecule has 0 saturated carbocycles. The van der Waals surface area contributed by atoms with E-state index >= 15 is 0 Å². The van der Waals surface area contributed by atoms with E-state index in [0.29, 0.717) is 29.2 Å². The van der Waals surface area contributed by atoms with Gasteiger partial charge in [0.1, 0.15) is 5.75 Å². The minimum Gasteiger partial charge on any atom is -0.497 e. The van der Waals surface area contributed by atoms with E-state index in [1.165, 1.54) is 11.8 Å². The van der Waals surface area contributed by atoms with Crippen LogP contribution in [0.3, 0.4) is 0 Å². The second-order valence-corrected chi connectivity index (χ2v) is 7.90. The number of methoxy groups -OCH3 is 1. The zero-order chi connectivity index (χ0) is 19.2. The van der Waals surface area contributed by atoms with Crippen molar-refractivity contribution < 1.29 is 9.47 Å². The lowest BCUT2D eigenvalue weighted by molar-refractivity contribution is -0.0411. The van der Waals surface area contributed by atoms with Crippen molar-refractivity contribution in [3.8, 4) is 11.4 Å². The van der Waals surface area contributed by atoms with Gasteiger partial charge in [-0.1, -0.05) is 11.8 Å². The fraction of sp³-hybridized carbons (Fsp3) is 0.350. The van der Waals surface area contributed by atoms with Crippen LogP contribution in [-0.4, -0.2) is 33.5 Å². The van der Waals surface area contributed by atoms with Crippen molar-refractivity contribution in [2.45, 2.75) is 37.6 Å². The van der Waals surface area contributed by atoms with Gasteiger partial charge in [-0.25, -0.2) is 9.97 Å². The Kier molecular flexibility index (Phi) is 4.44. The molecule has 7 heteroatoms. The molecule has 0 atom stereocenters. The molecule has 3 aromatic rings. The number of fused-ring (bicyclic) bond motifs is 2. The second-order valence-electron chi connectivity index (χ2n) is 7.13. The lowest BCUT2D eigenvalue weighted by Gasteiger charge is -2.31. The lowest BCUT2D eigenvalue weighted by atomic mass is 9.95. The van der Waals surface area contributed by atoms with E-state index in [0.717, 1.165) is 22.7 Å². The summed E-state index contributed by atoms with van der Waals surface area (Å²) < 4.78 is 12.7. The van der Waals surface area contributed by atoms with Gasteiger partial charge in [-0.15, -0.1) is 0 Å². The largest absolute Gasteiger partial charge is 0.497 e. The average Bonchev–Trinajstić information content (AvgIpc) is 2.66. The minimum atomic E-state index is -0.256. The highest BCUT2D eigenvalue weighted by atomic mass is 32.2. The smallest absolute Gasteiger partial charge is 0.268 e. The number of rotatable bonds is 3. The molecule has 6 nitrogen and oxygen atoms in total. The summed E-state index contributed by atoms with van der Waals surface area (Å²) in [7, 11) is 1.62. The number of thioether (sulfide) groups is 1. The van der Waals surface area contributed by atoms with Gasteiger partial charge < -0.3 is 9.47 Å². The Hall–Kier alpha value is -2.38. The number of hydrogen-bond acceptors (Lipinski definition) is 6. The number of benzene rings is 1. The van der Waals surface area contributed by atoms with E-state index in [2.05, 4.69) is 4.98 Å². The third-order valence-corrected chi connectivity index (χ3v) is 5.36. The first-order valence-corrected chi connectivity index (χ1v) is 9.92. The van der Waals surface area contributed by atoms with E-state index < -0.39 is 0 Å². The van der Waals surface area contributed by atoms with Gasteiger partial charge in [-0.2, -0.15) is 0 Å². The molecule has 0 spiro atoms. The molecule has 1 aliphatic heterocycles. The number of hydrogen-bond donors (Lipinski definition) is 0. The van der Waals surface area contributed by atoms with Gasteiger partial charge in [-0.05, 0) is 50.4 Å². The summed E-state index contributed by atoms with van der Waals surface area (Å²) in [6, 6.07) is 9.25. The first-order chi connectivity index (χ1) is 12.9. The van der Waals surface area contributed by atoms with Crippen molar-refractivity contribution in [1.29, 1.82) is 0 Å². The molecule has 140 valence electrons. The van der Waals surface area contributed by atoms with E-state index in [4.69, 9.17) is 14.5 Å². The molecule has 27 heavy (non-hydrogen) atoms. The maximum atomic E-state index is 13.3. The van der Waals surface area contributed by atoms with Crippen LogP contribution in [-0.2, 0) is 17.8 Å². The van der Waals surface area contributed by atoms with Gasteiger partial charge in [0.05, 0.1) is 36.1 Å². The van der Waals surface area contributed by atoms with Gasteiger partial charge >= 0.3 is 0 Å². The van der Waals surface area contributed by atoms with E-state index in [-0.39, 0.29) is 11.2 Å². The van der Waals surface area contributed by atoms with Crippen LogP contribution in [0.1, 0.15) is 25.1 Å². The maximum Gasteiger partial charge on any atom is 0.268 e. The molecule has 0 aliphatic carbocycles. The normalized spacial score (nSPS) is 15.6. The first kappa shape index (κ1) is 18.0. The van der Waals surface area contributed by atoms with Crippen molar-refractivity contribution in [1.82, 2.24) is 14.5 Å². The topological polar surface area (TPSA) is 66.2 Å². The number of aromatic nitrogens is 3. The Labute approximate surface area is 161 Å². The van der Waals surface area contributed by atoms with Crippen LogP contribution in [0.5, 0.6) is 5.75 Å².